The van der Waals surface area contributed by atoms with E-state index in [0.717, 1.165) is 5.56 Å². The zero-order valence-corrected chi connectivity index (χ0v) is 14.4. The third kappa shape index (κ3) is 3.10. The summed E-state index contributed by atoms with van der Waals surface area (Å²) in [7, 11) is 0. The van der Waals surface area contributed by atoms with Crippen LogP contribution in [0.1, 0.15) is 21.6 Å². The molecular weight excluding hydrogens is 346 g/mol. The lowest BCUT2D eigenvalue weighted by Crippen LogP contribution is -2.18. The summed E-state index contributed by atoms with van der Waals surface area (Å²) in [6.45, 7) is 1.68. The van der Waals surface area contributed by atoms with Crippen molar-refractivity contribution >= 4 is 22.5 Å². The Morgan fingerprint density at radius 2 is 1.96 bits per heavy atom. The van der Waals surface area contributed by atoms with Gasteiger partial charge in [0.25, 0.3) is 5.56 Å². The van der Waals surface area contributed by atoms with Crippen molar-refractivity contribution in [3.05, 3.63) is 92.3 Å². The molecule has 0 aliphatic carbocycles. The predicted molar refractivity (Wildman–Crippen MR) is 99.9 cm³/mol. The fourth-order valence-corrected chi connectivity index (χ4v) is 2.97. The maximum absolute atomic E-state index is 12.5. The first-order valence-electron chi connectivity index (χ1n) is 8.30. The number of esters is 1. The number of hydrogen-bond acceptors (Lipinski definition) is 5. The van der Waals surface area contributed by atoms with Crippen LogP contribution < -0.4 is 11.1 Å². The van der Waals surface area contributed by atoms with E-state index in [4.69, 9.17) is 4.74 Å². The number of aromatic amines is 1. The Kier molecular flexibility index (Phi) is 4.04. The second-order valence-corrected chi connectivity index (χ2v) is 6.14. The summed E-state index contributed by atoms with van der Waals surface area (Å²) in [6, 6.07) is 13.1. The molecule has 0 amide bonds. The molecule has 0 atom stereocenters. The van der Waals surface area contributed by atoms with E-state index in [9.17, 15) is 14.4 Å². The summed E-state index contributed by atoms with van der Waals surface area (Å²) in [4.78, 5) is 43.6. The van der Waals surface area contributed by atoms with E-state index in [1.54, 1.807) is 36.5 Å². The average molecular weight is 361 g/mol. The molecule has 0 spiro atoms. The summed E-state index contributed by atoms with van der Waals surface area (Å²) in [5, 5.41) is 0.587. The van der Waals surface area contributed by atoms with Crippen LogP contribution in [0.3, 0.4) is 0 Å². The summed E-state index contributed by atoms with van der Waals surface area (Å²) < 4.78 is 6.75. The monoisotopic (exact) mass is 361 g/mol. The van der Waals surface area contributed by atoms with Crippen LogP contribution in [-0.4, -0.2) is 20.3 Å². The van der Waals surface area contributed by atoms with Gasteiger partial charge in [-0.15, -0.1) is 0 Å². The fraction of sp³-hybridized carbons (Fsp3) is 0.100. The van der Waals surface area contributed by atoms with Crippen LogP contribution in [0.25, 0.3) is 16.6 Å². The third-order valence-corrected chi connectivity index (χ3v) is 4.26. The molecule has 3 aromatic heterocycles. The van der Waals surface area contributed by atoms with E-state index in [2.05, 4.69) is 9.97 Å². The quantitative estimate of drug-likeness (QED) is 0.565. The second kappa shape index (κ2) is 6.53. The van der Waals surface area contributed by atoms with Gasteiger partial charge in [0.1, 0.15) is 12.3 Å². The number of nitrogens with one attached hydrogen (secondary N) is 1. The van der Waals surface area contributed by atoms with E-state index in [0.29, 0.717) is 22.2 Å². The minimum absolute atomic E-state index is 0.167. The third-order valence-electron chi connectivity index (χ3n) is 4.26. The van der Waals surface area contributed by atoms with Crippen LogP contribution in [0.15, 0.2) is 64.3 Å². The highest BCUT2D eigenvalue weighted by molar-refractivity contribution is 6.03. The molecule has 1 N–H and O–H groups in total. The summed E-state index contributed by atoms with van der Waals surface area (Å²) in [6.07, 6.45) is 1.63. The average Bonchev–Trinajstić information content (AvgIpc) is 2.66. The normalized spacial score (nSPS) is 11.0. The second-order valence-electron chi connectivity index (χ2n) is 6.14. The molecule has 0 aliphatic heterocycles. The van der Waals surface area contributed by atoms with Crippen molar-refractivity contribution in [2.24, 2.45) is 0 Å². The van der Waals surface area contributed by atoms with Gasteiger partial charge in [0.2, 0.25) is 5.56 Å². The number of aromatic nitrogens is 3. The Labute approximate surface area is 152 Å². The van der Waals surface area contributed by atoms with Gasteiger partial charge in [0.15, 0.2) is 0 Å². The van der Waals surface area contributed by atoms with E-state index in [1.807, 2.05) is 13.0 Å². The zero-order chi connectivity index (χ0) is 19.0. The van der Waals surface area contributed by atoms with Gasteiger partial charge in [0.05, 0.1) is 11.3 Å². The summed E-state index contributed by atoms with van der Waals surface area (Å²) in [5.74, 6) is -0.649. The molecule has 0 saturated carbocycles. The van der Waals surface area contributed by atoms with Crippen molar-refractivity contribution in [2.45, 2.75) is 13.5 Å². The first kappa shape index (κ1) is 16.7. The van der Waals surface area contributed by atoms with Crippen LogP contribution in [0.2, 0.25) is 0 Å². The lowest BCUT2D eigenvalue weighted by molar-refractivity contribution is 0.0470. The number of aryl methyl sites for hydroxylation is 1. The smallest absolute Gasteiger partial charge is 0.339 e. The zero-order valence-electron chi connectivity index (χ0n) is 14.4. The molecule has 7 heteroatoms. The molecule has 0 radical (unpaired) electrons. The van der Waals surface area contributed by atoms with Crippen molar-refractivity contribution in [3.8, 4) is 0 Å². The topological polar surface area (TPSA) is 93.5 Å². The van der Waals surface area contributed by atoms with Gasteiger partial charge in [0, 0.05) is 29.2 Å². The molecule has 1 aromatic carbocycles. The first-order chi connectivity index (χ1) is 13.0. The van der Waals surface area contributed by atoms with Gasteiger partial charge in [-0.2, -0.15) is 0 Å². The van der Waals surface area contributed by atoms with Crippen molar-refractivity contribution in [3.63, 3.8) is 0 Å². The number of pyridine rings is 2. The Bertz CT molecular complexity index is 1300. The Balaban J connectivity index is 1.66. The fourth-order valence-electron chi connectivity index (χ4n) is 2.97. The van der Waals surface area contributed by atoms with Crippen LogP contribution in [0.5, 0.6) is 0 Å². The lowest BCUT2D eigenvalue weighted by Gasteiger charge is -2.08. The maximum atomic E-state index is 12.5. The molecule has 0 bridgehead atoms. The number of para-hydroxylation sites is 1. The number of H-pyrrole nitrogens is 1. The van der Waals surface area contributed by atoms with Crippen molar-refractivity contribution in [1.82, 2.24) is 14.4 Å². The number of nitrogens with zero attached hydrogens (tertiary/aromatic N) is 2. The van der Waals surface area contributed by atoms with Gasteiger partial charge in [-0.05, 0) is 24.6 Å². The highest BCUT2D eigenvalue weighted by Gasteiger charge is 2.14. The van der Waals surface area contributed by atoms with Crippen LogP contribution in [0, 0.1) is 6.92 Å². The van der Waals surface area contributed by atoms with Gasteiger partial charge in [-0.3, -0.25) is 14.0 Å². The number of ether oxygens (including phenoxy) is 1. The number of hydrogen-bond donors (Lipinski definition) is 1. The Hall–Kier alpha value is -3.74. The molecule has 7 nitrogen and oxygen atoms in total. The summed E-state index contributed by atoms with van der Waals surface area (Å²) >= 11 is 0. The van der Waals surface area contributed by atoms with E-state index >= 15 is 0 Å². The molecule has 0 aliphatic rings. The summed E-state index contributed by atoms with van der Waals surface area (Å²) in [5.41, 5.74) is 1.77. The molecular formula is C20H15N3O4. The van der Waals surface area contributed by atoms with E-state index in [-0.39, 0.29) is 17.7 Å². The number of carbonyl (C=O) groups excluding carboxylic acids is 1. The molecule has 4 rings (SSSR count). The lowest BCUT2D eigenvalue weighted by atomic mass is 10.1. The van der Waals surface area contributed by atoms with Crippen LogP contribution in [0.4, 0.5) is 0 Å². The van der Waals surface area contributed by atoms with Gasteiger partial charge >= 0.3 is 5.97 Å². The largest absolute Gasteiger partial charge is 0.456 e. The predicted octanol–water partition coefficient (Wildman–Crippen LogP) is 2.20. The molecule has 134 valence electrons. The molecule has 4 aromatic rings. The molecule has 0 fully saturated rings. The molecule has 0 saturated heterocycles. The van der Waals surface area contributed by atoms with Crippen LogP contribution in [-0.2, 0) is 11.3 Å². The SMILES string of the molecule is Cc1cccn2c(=O)cc(COC(=O)c3cc(=O)[nH]c4ccccc34)nc12. The number of benzene rings is 1. The van der Waals surface area contributed by atoms with Crippen molar-refractivity contribution in [1.29, 1.82) is 0 Å². The minimum Gasteiger partial charge on any atom is -0.456 e. The van der Waals surface area contributed by atoms with Crippen LogP contribution >= 0.6 is 0 Å². The van der Waals surface area contributed by atoms with Gasteiger partial charge in [-0.1, -0.05) is 24.3 Å². The van der Waals surface area contributed by atoms with Crippen molar-refractivity contribution < 1.29 is 9.53 Å². The van der Waals surface area contributed by atoms with E-state index in [1.165, 1.54) is 16.5 Å². The maximum Gasteiger partial charge on any atom is 0.339 e. The van der Waals surface area contributed by atoms with Crippen molar-refractivity contribution in [2.75, 3.05) is 0 Å². The highest BCUT2D eigenvalue weighted by Crippen LogP contribution is 2.16. The molecule has 3 heterocycles. The Morgan fingerprint density at radius 3 is 2.81 bits per heavy atom. The molecule has 0 unspecified atom stereocenters. The number of fused-ring (bicyclic) bond motifs is 2. The van der Waals surface area contributed by atoms with E-state index < -0.39 is 11.5 Å². The first-order valence-corrected chi connectivity index (χ1v) is 8.30. The minimum atomic E-state index is -0.649. The number of carbonyl (C=O) groups is 1. The Morgan fingerprint density at radius 1 is 1.15 bits per heavy atom. The standard InChI is InChI=1S/C20H15N3O4/c1-12-5-4-8-23-18(25)9-13(21-19(12)23)11-27-20(26)15-10-17(24)22-16-7-3-2-6-14(15)16/h2-10H,11H2,1H3,(H,22,24). The molecule has 27 heavy (non-hydrogen) atoms. The van der Waals surface area contributed by atoms with Gasteiger partial charge < -0.3 is 9.72 Å². The van der Waals surface area contributed by atoms with Gasteiger partial charge in [-0.25, -0.2) is 9.78 Å². The highest BCUT2D eigenvalue weighted by atomic mass is 16.5. The number of rotatable bonds is 3.